The third-order valence-electron chi connectivity index (χ3n) is 11.8. The lowest BCUT2D eigenvalue weighted by molar-refractivity contribution is -0.149. The summed E-state index contributed by atoms with van der Waals surface area (Å²) in [5, 5.41) is 0.614. The van der Waals surface area contributed by atoms with Gasteiger partial charge in [0.1, 0.15) is 35.4 Å². The molecule has 296 valence electrons. The van der Waals surface area contributed by atoms with Crippen molar-refractivity contribution in [2.24, 2.45) is 11.3 Å². The van der Waals surface area contributed by atoms with Crippen LogP contribution in [0.2, 0.25) is 0 Å². The number of para-hydroxylation sites is 1. The first-order valence-corrected chi connectivity index (χ1v) is 18.2. The van der Waals surface area contributed by atoms with Gasteiger partial charge in [0.25, 0.3) is 0 Å². The number of fused-ring (bicyclic) bond motifs is 4. The molecule has 56 heavy (non-hydrogen) atoms. The largest absolute Gasteiger partial charge is 0.460 e. The van der Waals surface area contributed by atoms with Gasteiger partial charge in [-0.25, -0.2) is 4.79 Å². The van der Waals surface area contributed by atoms with E-state index in [1.165, 1.54) is 20.3 Å². The van der Waals surface area contributed by atoms with Crippen LogP contribution in [0.5, 0.6) is 0 Å². The highest BCUT2D eigenvalue weighted by Gasteiger charge is 2.64. The van der Waals surface area contributed by atoms with Crippen LogP contribution in [0.15, 0.2) is 85.6 Å². The number of nitrogens with zero attached hydrogens (tertiary/aromatic N) is 1. The summed E-state index contributed by atoms with van der Waals surface area (Å²) in [4.78, 5) is 65.8. The second kappa shape index (κ2) is 15.3. The van der Waals surface area contributed by atoms with E-state index in [0.29, 0.717) is 59.6 Å². The minimum atomic E-state index is -0.988. The fourth-order valence-electron chi connectivity index (χ4n) is 9.23. The van der Waals surface area contributed by atoms with Crippen LogP contribution < -0.4 is 10.3 Å². The second-order valence-corrected chi connectivity index (χ2v) is 14.9. The molecule has 5 aliphatic rings. The van der Waals surface area contributed by atoms with E-state index in [4.69, 9.17) is 27.8 Å². The molecule has 4 heterocycles. The summed E-state index contributed by atoms with van der Waals surface area (Å²) in [5.41, 5.74) is 2.55. The Balaban J connectivity index is 0.000000191. The third-order valence-corrected chi connectivity index (χ3v) is 11.8. The Morgan fingerprint density at radius 1 is 0.964 bits per heavy atom. The van der Waals surface area contributed by atoms with Crippen LogP contribution in [0.3, 0.4) is 0 Å². The van der Waals surface area contributed by atoms with Crippen molar-refractivity contribution < 1.29 is 47.0 Å². The van der Waals surface area contributed by atoms with E-state index in [0.717, 1.165) is 24.2 Å². The van der Waals surface area contributed by atoms with E-state index >= 15 is 0 Å². The fraction of sp³-hybridized carbons (Fsp3) is 0.432. The normalized spacial score (nSPS) is 26.1. The smallest absolute Gasteiger partial charge is 0.342 e. The maximum Gasteiger partial charge on any atom is 0.342 e. The number of methoxy groups -OCH3 is 1. The molecule has 12 heteroatoms. The van der Waals surface area contributed by atoms with Gasteiger partial charge in [-0.1, -0.05) is 64.2 Å². The number of morpholine rings is 1. The second-order valence-electron chi connectivity index (χ2n) is 14.9. The number of carbonyl (C=O) groups excluding carboxylic acids is 4. The van der Waals surface area contributed by atoms with Crippen molar-refractivity contribution in [3.63, 3.8) is 0 Å². The number of furan rings is 1. The van der Waals surface area contributed by atoms with Crippen molar-refractivity contribution in [3.8, 4) is 11.1 Å². The molecule has 0 spiro atoms. The summed E-state index contributed by atoms with van der Waals surface area (Å²) in [6, 6.07) is 17.3. The summed E-state index contributed by atoms with van der Waals surface area (Å²) in [5.74, 6) is -0.963. The van der Waals surface area contributed by atoms with Crippen molar-refractivity contribution >= 4 is 40.4 Å². The van der Waals surface area contributed by atoms with Crippen LogP contribution in [0.4, 0.5) is 5.88 Å². The van der Waals surface area contributed by atoms with E-state index in [1.807, 2.05) is 62.4 Å². The lowest BCUT2D eigenvalue weighted by Gasteiger charge is -2.51. The molecule has 0 bridgehead atoms. The van der Waals surface area contributed by atoms with Crippen molar-refractivity contribution in [1.29, 1.82) is 0 Å². The molecular formula is C44H49NO11. The number of ether oxygens (including phenoxy) is 4. The Hall–Kier alpha value is -5.33. The van der Waals surface area contributed by atoms with E-state index in [-0.39, 0.29) is 62.1 Å². The zero-order chi connectivity index (χ0) is 37.9. The number of benzene rings is 2. The van der Waals surface area contributed by atoms with Crippen LogP contribution in [0, 0.1) is 11.3 Å². The molecule has 4 aromatic rings. The number of rotatable bonds is 5. The zero-order valence-electron chi connectivity index (χ0n) is 30.6. The minimum absolute atomic E-state index is 0. The topological polar surface area (TPSA) is 152 Å². The number of allylic oxidation sites excluding steroid dienone is 1. The first-order chi connectivity index (χ1) is 26.0. The highest BCUT2D eigenvalue weighted by Crippen LogP contribution is 2.61. The van der Waals surface area contributed by atoms with E-state index < -0.39 is 35.0 Å². The SMILES string of the molecule is C.C.COC[C@H]1OC(=O)c2coc3c2[C@@]1(C)C1=C(C3=O)[C@@H]2CCC(=O)[C@@]2(C)C[C@H]1OC(C)=O.O=c1cc(N2CCOCC2)oc2c(-c3ccccc3)cccc12. The molecule has 12 nitrogen and oxygen atoms in total. The summed E-state index contributed by atoms with van der Waals surface area (Å²) in [6.07, 6.45) is 0.906. The van der Waals surface area contributed by atoms with Crippen LogP contribution in [0.1, 0.15) is 81.4 Å². The molecular weight excluding hydrogens is 718 g/mol. The zero-order valence-corrected chi connectivity index (χ0v) is 30.6. The number of hydrogen-bond donors (Lipinski definition) is 0. The number of Topliss-reactive ketones (excluding diaryl/α,β-unsaturated/α-hetero) is 2. The van der Waals surface area contributed by atoms with Gasteiger partial charge in [0, 0.05) is 74.1 Å². The third kappa shape index (κ3) is 6.28. The molecule has 3 aliphatic carbocycles. The molecule has 5 atom stereocenters. The number of ketones is 2. The molecule has 0 unspecified atom stereocenters. The van der Waals surface area contributed by atoms with Gasteiger partial charge in [-0.15, -0.1) is 0 Å². The number of hydrogen-bond acceptors (Lipinski definition) is 12. The van der Waals surface area contributed by atoms with Crippen molar-refractivity contribution in [1.82, 2.24) is 0 Å². The number of cyclic esters (lactones) is 1. The maximum absolute atomic E-state index is 13.7. The standard InChI is InChI=1S/C23H24O8.C19H17NO3.2CH4/c1-10(24)30-13-7-22(2)12(5-6-14(22)25)16-18(13)23(3)15(9-28-4)31-21(27)11-8-29-20(17(11)23)19(16)26;21-17-13-18(20-9-11-22-12-10-20)23-19-15(7-4-8-16(17)19)14-5-2-1-3-6-14;;/h8,12-13,15H,5-7,9H2,1-4H3;1-8,13H,9-12H2;2*1H4/t12-,13+,15+,22-,23-;;;/m0.../s1. The minimum Gasteiger partial charge on any atom is -0.460 e. The molecule has 2 fully saturated rings. The Morgan fingerprint density at radius 2 is 1.70 bits per heavy atom. The van der Waals surface area contributed by atoms with Gasteiger partial charge in [-0.05, 0) is 30.5 Å². The highest BCUT2D eigenvalue weighted by atomic mass is 16.6. The van der Waals surface area contributed by atoms with Gasteiger partial charge in [0.05, 0.1) is 30.6 Å². The maximum atomic E-state index is 13.7. The van der Waals surface area contributed by atoms with Crippen molar-refractivity contribution in [3.05, 3.63) is 99.1 Å². The van der Waals surface area contributed by atoms with Crippen LogP contribution in [-0.2, 0) is 34.0 Å². The summed E-state index contributed by atoms with van der Waals surface area (Å²) in [6.45, 7) is 7.90. The average Bonchev–Trinajstić information content (AvgIpc) is 3.75. The first-order valence-electron chi connectivity index (χ1n) is 18.2. The van der Waals surface area contributed by atoms with E-state index in [1.54, 1.807) is 6.07 Å². The Kier molecular flexibility index (Phi) is 11.0. The predicted molar refractivity (Wildman–Crippen MR) is 209 cm³/mol. The molecule has 0 amide bonds. The molecule has 2 aromatic heterocycles. The van der Waals surface area contributed by atoms with Crippen LogP contribution in [-0.4, -0.2) is 75.7 Å². The monoisotopic (exact) mass is 767 g/mol. The van der Waals surface area contributed by atoms with E-state index in [9.17, 15) is 24.0 Å². The lowest BCUT2D eigenvalue weighted by atomic mass is 9.54. The van der Waals surface area contributed by atoms with Crippen molar-refractivity contribution in [2.45, 2.75) is 72.5 Å². The molecule has 2 aromatic carbocycles. The molecule has 0 N–H and O–H groups in total. The van der Waals surface area contributed by atoms with E-state index in [2.05, 4.69) is 4.90 Å². The fourth-order valence-corrected chi connectivity index (χ4v) is 9.23. The molecule has 1 saturated carbocycles. The Morgan fingerprint density at radius 3 is 2.39 bits per heavy atom. The molecule has 1 saturated heterocycles. The Bertz CT molecular complexity index is 2280. The molecule has 9 rings (SSSR count). The predicted octanol–water partition coefficient (Wildman–Crippen LogP) is 7.11. The van der Waals surface area contributed by atoms with Gasteiger partial charge in [0.15, 0.2) is 17.1 Å². The lowest BCUT2D eigenvalue weighted by Crippen LogP contribution is -2.57. The summed E-state index contributed by atoms with van der Waals surface area (Å²) < 4.78 is 33.9. The number of carbonyl (C=O) groups is 4. The number of anilines is 1. The first kappa shape index (κ1) is 40.3. The van der Waals surface area contributed by atoms with Gasteiger partial charge in [-0.3, -0.25) is 19.2 Å². The average molecular weight is 768 g/mol. The van der Waals surface area contributed by atoms with Crippen molar-refractivity contribution in [2.75, 3.05) is 44.9 Å². The van der Waals surface area contributed by atoms with Crippen LogP contribution >= 0.6 is 0 Å². The molecule has 0 radical (unpaired) electrons. The Labute approximate surface area is 325 Å². The quantitative estimate of drug-likeness (QED) is 0.190. The van der Waals surface area contributed by atoms with Gasteiger partial charge < -0.3 is 32.7 Å². The van der Waals surface area contributed by atoms with Gasteiger partial charge >= 0.3 is 11.9 Å². The molecule has 2 aliphatic heterocycles. The highest BCUT2D eigenvalue weighted by molar-refractivity contribution is 6.14. The van der Waals surface area contributed by atoms with Gasteiger partial charge in [-0.2, -0.15) is 0 Å². The summed E-state index contributed by atoms with van der Waals surface area (Å²) >= 11 is 0. The van der Waals surface area contributed by atoms with Gasteiger partial charge in [0.2, 0.25) is 5.78 Å². The number of esters is 2. The summed E-state index contributed by atoms with van der Waals surface area (Å²) in [7, 11) is 1.50. The van der Waals surface area contributed by atoms with Crippen LogP contribution in [0.25, 0.3) is 22.1 Å².